The second kappa shape index (κ2) is 7.29. The van der Waals surface area contributed by atoms with Gasteiger partial charge >= 0.3 is 0 Å². The van der Waals surface area contributed by atoms with Crippen molar-refractivity contribution in [2.45, 2.75) is 32.9 Å². The van der Waals surface area contributed by atoms with E-state index in [1.807, 2.05) is 26.8 Å². The summed E-state index contributed by atoms with van der Waals surface area (Å²) in [5.41, 5.74) is 6.04. The number of aliphatic hydroxyl groups is 1. The topological polar surface area (TPSA) is 92.2 Å². The molecule has 6 heteroatoms. The fraction of sp³-hybridized carbons (Fsp3) is 0.538. The number of rotatable bonds is 4. The quantitative estimate of drug-likeness (QED) is 0.874. The maximum atomic E-state index is 9.92. The molecule has 1 rings (SSSR count). The normalized spacial score (nSPS) is 13.9. The van der Waals surface area contributed by atoms with Crippen LogP contribution in [0.4, 0.5) is 0 Å². The third-order valence-electron chi connectivity index (χ3n) is 2.70. The summed E-state index contributed by atoms with van der Waals surface area (Å²) in [6, 6.07) is 4.83. The number of halogens is 1. The summed E-state index contributed by atoms with van der Waals surface area (Å²) < 4.78 is 5.34. The Morgan fingerprint density at radius 2 is 2.16 bits per heavy atom. The van der Waals surface area contributed by atoms with Crippen LogP contribution in [-0.4, -0.2) is 28.8 Å². The van der Waals surface area contributed by atoms with Gasteiger partial charge in [0.15, 0.2) is 0 Å². The van der Waals surface area contributed by atoms with Crippen LogP contribution in [0.2, 0.25) is 0 Å². The molecule has 1 heterocycles. The van der Waals surface area contributed by atoms with Gasteiger partial charge in [-0.25, -0.2) is 4.98 Å². The summed E-state index contributed by atoms with van der Waals surface area (Å²) in [5, 5.41) is 18.8. The van der Waals surface area contributed by atoms with Crippen LogP contribution >= 0.6 is 12.4 Å². The number of nitrogens with two attached hydrogens (primary N) is 1. The first-order chi connectivity index (χ1) is 8.36. The van der Waals surface area contributed by atoms with Gasteiger partial charge in [0.05, 0.1) is 0 Å². The number of hydrogen-bond acceptors (Lipinski definition) is 5. The van der Waals surface area contributed by atoms with Gasteiger partial charge in [0.2, 0.25) is 5.88 Å². The third kappa shape index (κ3) is 5.03. The molecule has 0 radical (unpaired) electrons. The minimum Gasteiger partial charge on any atom is -0.474 e. The van der Waals surface area contributed by atoms with E-state index in [1.54, 1.807) is 12.1 Å². The van der Waals surface area contributed by atoms with Gasteiger partial charge in [-0.2, -0.15) is 5.26 Å². The molecule has 0 fully saturated rings. The molecule has 5 nitrogen and oxygen atoms in total. The highest BCUT2D eigenvalue weighted by atomic mass is 35.5. The van der Waals surface area contributed by atoms with E-state index >= 15 is 0 Å². The van der Waals surface area contributed by atoms with E-state index in [4.69, 9.17) is 15.7 Å². The Balaban J connectivity index is 0.00000324. The third-order valence-corrected chi connectivity index (χ3v) is 2.70. The monoisotopic (exact) mass is 285 g/mol. The number of aliphatic hydroxyl groups excluding tert-OH is 1. The molecule has 1 aromatic rings. The minimum atomic E-state index is -0.807. The molecule has 0 saturated heterocycles. The summed E-state index contributed by atoms with van der Waals surface area (Å²) in [5.74, 6) is 0.222. The average molecular weight is 286 g/mol. The Morgan fingerprint density at radius 3 is 2.68 bits per heavy atom. The maximum Gasteiger partial charge on any atom is 0.231 e. The van der Waals surface area contributed by atoms with Crippen LogP contribution in [0.1, 0.15) is 26.3 Å². The van der Waals surface area contributed by atoms with Crippen molar-refractivity contribution in [1.29, 1.82) is 5.26 Å². The Morgan fingerprint density at radius 1 is 1.53 bits per heavy atom. The zero-order valence-electron chi connectivity index (χ0n) is 11.3. The van der Waals surface area contributed by atoms with Crippen LogP contribution in [0.15, 0.2) is 18.3 Å². The summed E-state index contributed by atoms with van der Waals surface area (Å²) in [6.07, 6.45) is 0.727. The van der Waals surface area contributed by atoms with Crippen LogP contribution in [-0.2, 0) is 0 Å². The molecular weight excluding hydrogens is 266 g/mol. The number of aromatic nitrogens is 1. The van der Waals surface area contributed by atoms with Crippen LogP contribution in [0.5, 0.6) is 5.88 Å². The molecule has 0 aliphatic carbocycles. The molecule has 2 atom stereocenters. The van der Waals surface area contributed by atoms with Crippen LogP contribution in [0.25, 0.3) is 0 Å². The fourth-order valence-electron chi connectivity index (χ4n) is 1.44. The van der Waals surface area contributed by atoms with E-state index in [2.05, 4.69) is 4.98 Å². The van der Waals surface area contributed by atoms with E-state index in [1.165, 1.54) is 6.20 Å². The molecule has 0 saturated carbocycles. The first-order valence-electron chi connectivity index (χ1n) is 5.78. The van der Waals surface area contributed by atoms with Crippen molar-refractivity contribution in [3.05, 3.63) is 23.9 Å². The molecule has 0 spiro atoms. The van der Waals surface area contributed by atoms with Crippen LogP contribution < -0.4 is 10.5 Å². The number of ether oxygens (including phenoxy) is 1. The summed E-state index contributed by atoms with van der Waals surface area (Å²) in [6.45, 7) is 5.86. The number of pyridine rings is 1. The Labute approximate surface area is 119 Å². The number of hydrogen-bond donors (Lipinski definition) is 2. The van der Waals surface area contributed by atoms with E-state index in [9.17, 15) is 5.11 Å². The molecule has 106 valence electrons. The first-order valence-corrected chi connectivity index (χ1v) is 5.78. The van der Waals surface area contributed by atoms with Gasteiger partial charge < -0.3 is 15.6 Å². The summed E-state index contributed by atoms with van der Waals surface area (Å²) in [4.78, 5) is 3.95. The van der Waals surface area contributed by atoms with Gasteiger partial charge in [0, 0.05) is 12.2 Å². The lowest BCUT2D eigenvalue weighted by Crippen LogP contribution is -2.47. The van der Waals surface area contributed by atoms with Crippen molar-refractivity contribution in [2.75, 3.05) is 6.61 Å². The summed E-state index contributed by atoms with van der Waals surface area (Å²) >= 11 is 0. The highest BCUT2D eigenvalue weighted by Gasteiger charge is 2.28. The molecule has 0 amide bonds. The van der Waals surface area contributed by atoms with E-state index in [0.29, 0.717) is 5.56 Å². The average Bonchev–Trinajstić information content (AvgIpc) is 2.34. The molecule has 3 N–H and O–H groups in total. The van der Waals surface area contributed by atoms with Crippen molar-refractivity contribution in [3.63, 3.8) is 0 Å². The van der Waals surface area contributed by atoms with Crippen molar-refractivity contribution >= 4 is 12.4 Å². The molecule has 0 aliphatic rings. The Bertz CT molecular complexity index is 440. The minimum absolute atomic E-state index is 0. The number of nitriles is 1. The lowest BCUT2D eigenvalue weighted by atomic mass is 9.84. The smallest absolute Gasteiger partial charge is 0.231 e. The largest absolute Gasteiger partial charge is 0.474 e. The van der Waals surface area contributed by atoms with Crippen molar-refractivity contribution in [3.8, 4) is 11.9 Å². The standard InChI is InChI=1S/C13H19N3O2.ClH/c1-13(2,3)11(15)10(17)8-18-12-9(7-14)5-4-6-16-12;/h4-6,10-11,17H,8,15H2,1-3H3;1H. The van der Waals surface area contributed by atoms with E-state index < -0.39 is 12.1 Å². The summed E-state index contributed by atoms with van der Waals surface area (Å²) in [7, 11) is 0. The molecule has 2 unspecified atom stereocenters. The maximum absolute atomic E-state index is 9.92. The number of nitrogens with zero attached hydrogens (tertiary/aromatic N) is 2. The molecular formula is C13H20ClN3O2. The van der Waals surface area contributed by atoms with Gasteiger partial charge in [-0.3, -0.25) is 0 Å². The van der Waals surface area contributed by atoms with Gasteiger partial charge in [0.1, 0.15) is 24.3 Å². The van der Waals surface area contributed by atoms with Crippen molar-refractivity contribution in [1.82, 2.24) is 4.98 Å². The molecule has 0 aliphatic heterocycles. The molecule has 0 bridgehead atoms. The fourth-order valence-corrected chi connectivity index (χ4v) is 1.44. The van der Waals surface area contributed by atoms with E-state index in [0.717, 1.165) is 0 Å². The van der Waals surface area contributed by atoms with Crippen molar-refractivity contribution < 1.29 is 9.84 Å². The van der Waals surface area contributed by atoms with Gasteiger partial charge in [0.25, 0.3) is 0 Å². The Hall–Kier alpha value is -1.35. The Kier molecular flexibility index (Phi) is 6.77. The van der Waals surface area contributed by atoms with Gasteiger partial charge in [-0.15, -0.1) is 12.4 Å². The second-order valence-electron chi connectivity index (χ2n) is 5.24. The second-order valence-corrected chi connectivity index (χ2v) is 5.24. The van der Waals surface area contributed by atoms with Gasteiger partial charge in [-0.05, 0) is 17.5 Å². The molecule has 19 heavy (non-hydrogen) atoms. The highest BCUT2D eigenvalue weighted by Crippen LogP contribution is 2.21. The van der Waals surface area contributed by atoms with Gasteiger partial charge in [-0.1, -0.05) is 20.8 Å². The molecule has 1 aromatic heterocycles. The predicted octanol–water partition coefficient (Wildman–Crippen LogP) is 1.49. The first kappa shape index (κ1) is 17.6. The predicted molar refractivity (Wildman–Crippen MR) is 75.1 cm³/mol. The lowest BCUT2D eigenvalue weighted by molar-refractivity contribution is 0.0479. The zero-order valence-corrected chi connectivity index (χ0v) is 12.1. The van der Waals surface area contributed by atoms with Crippen molar-refractivity contribution in [2.24, 2.45) is 11.1 Å². The SMILES string of the molecule is CC(C)(C)C(N)C(O)COc1ncccc1C#N.Cl. The van der Waals surface area contributed by atoms with Crippen LogP contribution in [0.3, 0.4) is 0 Å². The zero-order chi connectivity index (χ0) is 13.8. The van der Waals surface area contributed by atoms with E-state index in [-0.39, 0.29) is 30.3 Å². The highest BCUT2D eigenvalue weighted by molar-refractivity contribution is 5.85. The van der Waals surface area contributed by atoms with Crippen LogP contribution in [0, 0.1) is 16.7 Å². The lowest BCUT2D eigenvalue weighted by Gasteiger charge is -2.30. The molecule has 0 aromatic carbocycles.